The molecule has 3 atom stereocenters. The highest BCUT2D eigenvalue weighted by atomic mass is 16.5. The molecule has 3 heteroatoms. The Morgan fingerprint density at radius 2 is 2.12 bits per heavy atom. The van der Waals surface area contributed by atoms with Crippen LogP contribution in [0, 0.1) is 5.41 Å². The van der Waals surface area contributed by atoms with E-state index in [2.05, 4.69) is 39.5 Å². The molecule has 16 heavy (non-hydrogen) atoms. The minimum Gasteiger partial charge on any atom is -0.376 e. The molecule has 0 spiro atoms. The summed E-state index contributed by atoms with van der Waals surface area (Å²) in [5, 5.41) is 0. The van der Waals surface area contributed by atoms with E-state index in [0.717, 1.165) is 26.1 Å². The standard InChI is InChI=1S/C13H28N2O/c1-6-12-8-16-10(2)7-15(12)9-13(4,5)11(3)14/h10-12H,6-9,14H2,1-5H3. The Bertz CT molecular complexity index is 216. The molecule has 0 aliphatic carbocycles. The first-order valence-corrected chi connectivity index (χ1v) is 6.48. The van der Waals surface area contributed by atoms with Gasteiger partial charge in [0.15, 0.2) is 0 Å². The van der Waals surface area contributed by atoms with Crippen molar-refractivity contribution in [3.63, 3.8) is 0 Å². The summed E-state index contributed by atoms with van der Waals surface area (Å²) in [5.74, 6) is 0. The molecule has 1 heterocycles. The van der Waals surface area contributed by atoms with Crippen molar-refractivity contribution in [2.75, 3.05) is 19.7 Å². The van der Waals surface area contributed by atoms with Gasteiger partial charge in [-0.3, -0.25) is 4.90 Å². The van der Waals surface area contributed by atoms with Crippen molar-refractivity contribution in [1.82, 2.24) is 4.90 Å². The molecule has 1 fully saturated rings. The lowest BCUT2D eigenvalue weighted by molar-refractivity contribution is -0.0680. The highest BCUT2D eigenvalue weighted by molar-refractivity contribution is 4.86. The van der Waals surface area contributed by atoms with Gasteiger partial charge in [0.2, 0.25) is 0 Å². The first kappa shape index (κ1) is 13.9. The van der Waals surface area contributed by atoms with Crippen LogP contribution in [0.4, 0.5) is 0 Å². The van der Waals surface area contributed by atoms with E-state index in [1.165, 1.54) is 0 Å². The van der Waals surface area contributed by atoms with Crippen molar-refractivity contribution in [3.8, 4) is 0 Å². The van der Waals surface area contributed by atoms with Gasteiger partial charge >= 0.3 is 0 Å². The first-order valence-electron chi connectivity index (χ1n) is 6.48. The molecule has 0 bridgehead atoms. The number of hydrogen-bond donors (Lipinski definition) is 1. The van der Waals surface area contributed by atoms with E-state index in [1.54, 1.807) is 0 Å². The SMILES string of the molecule is CCC1COC(C)CN1CC(C)(C)C(C)N. The zero-order valence-corrected chi connectivity index (χ0v) is 11.5. The van der Waals surface area contributed by atoms with Crippen LogP contribution in [0.3, 0.4) is 0 Å². The average Bonchev–Trinajstić information content (AvgIpc) is 2.17. The number of nitrogens with zero attached hydrogens (tertiary/aromatic N) is 1. The van der Waals surface area contributed by atoms with Crippen LogP contribution >= 0.6 is 0 Å². The summed E-state index contributed by atoms with van der Waals surface area (Å²) < 4.78 is 5.71. The molecule has 0 amide bonds. The van der Waals surface area contributed by atoms with Crippen molar-refractivity contribution >= 4 is 0 Å². The van der Waals surface area contributed by atoms with Gasteiger partial charge in [-0.15, -0.1) is 0 Å². The predicted octanol–water partition coefficient (Wildman–Crippen LogP) is 1.86. The largest absolute Gasteiger partial charge is 0.376 e. The highest BCUT2D eigenvalue weighted by Crippen LogP contribution is 2.24. The Balaban J connectivity index is 2.61. The van der Waals surface area contributed by atoms with Crippen molar-refractivity contribution in [2.45, 2.75) is 59.2 Å². The van der Waals surface area contributed by atoms with Crippen LogP contribution in [0.15, 0.2) is 0 Å². The van der Waals surface area contributed by atoms with Crippen LogP contribution in [-0.2, 0) is 4.74 Å². The fraction of sp³-hybridized carbons (Fsp3) is 1.00. The molecule has 96 valence electrons. The fourth-order valence-corrected chi connectivity index (χ4v) is 2.15. The van der Waals surface area contributed by atoms with Gasteiger partial charge in [0.25, 0.3) is 0 Å². The zero-order valence-electron chi connectivity index (χ0n) is 11.5. The van der Waals surface area contributed by atoms with Gasteiger partial charge in [-0.2, -0.15) is 0 Å². The first-order chi connectivity index (χ1) is 7.36. The lowest BCUT2D eigenvalue weighted by Crippen LogP contribution is -2.54. The van der Waals surface area contributed by atoms with Gasteiger partial charge in [0.05, 0.1) is 12.7 Å². The Kier molecular flexibility index (Phi) is 4.77. The summed E-state index contributed by atoms with van der Waals surface area (Å²) in [6.07, 6.45) is 1.51. The smallest absolute Gasteiger partial charge is 0.0674 e. The van der Waals surface area contributed by atoms with E-state index in [-0.39, 0.29) is 11.5 Å². The van der Waals surface area contributed by atoms with Gasteiger partial charge in [-0.05, 0) is 25.7 Å². The normalized spacial score (nSPS) is 30.4. The van der Waals surface area contributed by atoms with Crippen LogP contribution in [0.1, 0.15) is 41.0 Å². The van der Waals surface area contributed by atoms with Crippen LogP contribution in [-0.4, -0.2) is 42.8 Å². The predicted molar refractivity (Wildman–Crippen MR) is 68.5 cm³/mol. The number of hydrogen-bond acceptors (Lipinski definition) is 3. The fourth-order valence-electron chi connectivity index (χ4n) is 2.15. The summed E-state index contributed by atoms with van der Waals surface area (Å²) in [6.45, 7) is 14.0. The monoisotopic (exact) mass is 228 g/mol. The van der Waals surface area contributed by atoms with Crippen LogP contribution in [0.25, 0.3) is 0 Å². The van der Waals surface area contributed by atoms with E-state index in [1.807, 2.05) is 0 Å². The van der Waals surface area contributed by atoms with Gasteiger partial charge in [-0.25, -0.2) is 0 Å². The number of morpholine rings is 1. The van der Waals surface area contributed by atoms with Gasteiger partial charge in [-0.1, -0.05) is 20.8 Å². The van der Waals surface area contributed by atoms with E-state index >= 15 is 0 Å². The maximum atomic E-state index is 6.05. The second-order valence-electron chi connectivity index (χ2n) is 5.91. The molecule has 0 aromatic heterocycles. The maximum Gasteiger partial charge on any atom is 0.0674 e. The molecule has 0 saturated carbocycles. The Morgan fingerprint density at radius 1 is 1.50 bits per heavy atom. The van der Waals surface area contributed by atoms with Crippen LogP contribution < -0.4 is 5.73 Å². The maximum absolute atomic E-state index is 6.05. The van der Waals surface area contributed by atoms with Gasteiger partial charge in [0, 0.05) is 25.2 Å². The lowest BCUT2D eigenvalue weighted by Gasteiger charge is -2.43. The molecule has 0 radical (unpaired) electrons. The Hall–Kier alpha value is -0.120. The minimum absolute atomic E-state index is 0.171. The molecule has 1 saturated heterocycles. The molecule has 3 unspecified atom stereocenters. The van der Waals surface area contributed by atoms with E-state index in [4.69, 9.17) is 10.5 Å². The van der Waals surface area contributed by atoms with E-state index in [9.17, 15) is 0 Å². The third kappa shape index (κ3) is 3.44. The van der Waals surface area contributed by atoms with E-state index in [0.29, 0.717) is 12.1 Å². The molecule has 0 aromatic rings. The van der Waals surface area contributed by atoms with Crippen molar-refractivity contribution < 1.29 is 4.74 Å². The molecule has 1 rings (SSSR count). The van der Waals surface area contributed by atoms with Crippen molar-refractivity contribution in [3.05, 3.63) is 0 Å². The second-order valence-corrected chi connectivity index (χ2v) is 5.91. The molecule has 0 aromatic carbocycles. The molecular formula is C13H28N2O. The number of nitrogens with two attached hydrogens (primary N) is 1. The molecule has 3 nitrogen and oxygen atoms in total. The highest BCUT2D eigenvalue weighted by Gasteiger charge is 2.32. The summed E-state index contributed by atoms with van der Waals surface area (Å²) >= 11 is 0. The summed E-state index contributed by atoms with van der Waals surface area (Å²) in [6, 6.07) is 0.789. The molecular weight excluding hydrogens is 200 g/mol. The Labute approximate surface area is 100 Å². The van der Waals surface area contributed by atoms with Gasteiger partial charge in [0.1, 0.15) is 0 Å². The lowest BCUT2D eigenvalue weighted by atomic mass is 9.84. The van der Waals surface area contributed by atoms with Crippen molar-refractivity contribution in [1.29, 1.82) is 0 Å². The quantitative estimate of drug-likeness (QED) is 0.798. The van der Waals surface area contributed by atoms with Gasteiger partial charge < -0.3 is 10.5 Å². The third-order valence-corrected chi connectivity index (χ3v) is 3.90. The second kappa shape index (κ2) is 5.48. The molecule has 2 N–H and O–H groups in total. The Morgan fingerprint density at radius 3 is 2.62 bits per heavy atom. The van der Waals surface area contributed by atoms with Crippen LogP contribution in [0.2, 0.25) is 0 Å². The van der Waals surface area contributed by atoms with Crippen LogP contribution in [0.5, 0.6) is 0 Å². The summed E-state index contributed by atoms with van der Waals surface area (Å²) in [5.41, 5.74) is 6.22. The average molecular weight is 228 g/mol. The molecule has 1 aliphatic heterocycles. The molecule has 1 aliphatic rings. The van der Waals surface area contributed by atoms with E-state index < -0.39 is 0 Å². The zero-order chi connectivity index (χ0) is 12.3. The third-order valence-electron chi connectivity index (χ3n) is 3.90. The van der Waals surface area contributed by atoms with Crippen molar-refractivity contribution in [2.24, 2.45) is 11.1 Å². The number of rotatable bonds is 4. The minimum atomic E-state index is 0.171. The topological polar surface area (TPSA) is 38.5 Å². The summed E-state index contributed by atoms with van der Waals surface area (Å²) in [7, 11) is 0. The summed E-state index contributed by atoms with van der Waals surface area (Å²) in [4.78, 5) is 2.55. The number of ether oxygens (including phenoxy) is 1.